The number of fused-ring (bicyclic) bond motifs is 1. The second-order valence-corrected chi connectivity index (χ2v) is 6.30. The van der Waals surface area contributed by atoms with Gasteiger partial charge < -0.3 is 5.32 Å². The fourth-order valence-electron chi connectivity index (χ4n) is 3.16. The molecule has 1 aliphatic heterocycles. The number of hydrogen-bond acceptors (Lipinski definition) is 3. The van der Waals surface area contributed by atoms with E-state index >= 15 is 0 Å². The molecule has 1 aliphatic rings. The van der Waals surface area contributed by atoms with Crippen LogP contribution in [0.3, 0.4) is 0 Å². The van der Waals surface area contributed by atoms with Gasteiger partial charge in [-0.2, -0.15) is 10.2 Å². The Labute approximate surface area is 150 Å². The van der Waals surface area contributed by atoms with Crippen molar-refractivity contribution in [3.63, 3.8) is 0 Å². The molecule has 2 heterocycles. The van der Waals surface area contributed by atoms with Gasteiger partial charge in [0.2, 0.25) is 0 Å². The summed E-state index contributed by atoms with van der Waals surface area (Å²) in [6.45, 7) is 3.11. The van der Waals surface area contributed by atoms with E-state index in [4.69, 9.17) is 0 Å². The van der Waals surface area contributed by atoms with Gasteiger partial charge >= 0.3 is 0 Å². The topological polar surface area (TPSA) is 37.8 Å². The molecule has 0 aliphatic carbocycles. The Balaban J connectivity index is 1.81. The van der Waals surface area contributed by atoms with E-state index in [1.165, 1.54) is 12.1 Å². The van der Waals surface area contributed by atoms with E-state index in [2.05, 4.69) is 15.5 Å². The zero-order chi connectivity index (χ0) is 18.1. The van der Waals surface area contributed by atoms with Crippen LogP contribution in [0.4, 0.5) is 8.78 Å². The number of rotatable bonds is 2. The molecule has 0 radical (unpaired) electrons. The first-order valence-electron chi connectivity index (χ1n) is 8.42. The minimum Gasteiger partial charge on any atom is -0.309 e. The van der Waals surface area contributed by atoms with Crippen molar-refractivity contribution < 1.29 is 8.78 Å². The molecule has 26 heavy (non-hydrogen) atoms. The lowest BCUT2D eigenvalue weighted by molar-refractivity contribution is 0.597. The van der Waals surface area contributed by atoms with E-state index < -0.39 is 11.6 Å². The van der Waals surface area contributed by atoms with Gasteiger partial charge in [0.05, 0.1) is 11.4 Å². The Morgan fingerprint density at radius 1 is 0.923 bits per heavy atom. The van der Waals surface area contributed by atoms with Gasteiger partial charge in [0.1, 0.15) is 11.6 Å². The molecule has 0 unspecified atom stereocenters. The average Bonchev–Trinajstić information content (AvgIpc) is 2.86. The fourth-order valence-corrected chi connectivity index (χ4v) is 3.16. The van der Waals surface area contributed by atoms with Crippen LogP contribution in [0, 0.1) is 18.6 Å². The number of nitrogens with zero attached hydrogens (tertiary/aromatic N) is 2. The fraction of sp³-hybridized carbons (Fsp3) is 0.143. The summed E-state index contributed by atoms with van der Waals surface area (Å²) in [5, 5.41) is 11.6. The highest BCUT2D eigenvalue weighted by Gasteiger charge is 2.17. The molecule has 0 amide bonds. The summed E-state index contributed by atoms with van der Waals surface area (Å²) in [5.41, 5.74) is 5.46. The van der Waals surface area contributed by atoms with Gasteiger partial charge in [-0.1, -0.05) is 18.2 Å². The van der Waals surface area contributed by atoms with Gasteiger partial charge in [-0.05, 0) is 60.0 Å². The van der Waals surface area contributed by atoms with Crippen LogP contribution in [-0.2, 0) is 6.54 Å². The minimum atomic E-state index is -0.451. The van der Waals surface area contributed by atoms with Crippen LogP contribution < -0.4 is 5.32 Å². The van der Waals surface area contributed by atoms with Crippen LogP contribution in [-0.4, -0.2) is 16.7 Å². The molecule has 4 rings (SSSR count). The van der Waals surface area contributed by atoms with Crippen molar-refractivity contribution in [1.82, 2.24) is 15.5 Å². The van der Waals surface area contributed by atoms with Crippen LogP contribution in [0.1, 0.15) is 22.4 Å². The SMILES string of the molecule is Cc1ccc(-c2ccc3c(c2)CNCC=C3c2cc(F)ccc2F)nn1. The van der Waals surface area contributed by atoms with E-state index in [1.807, 2.05) is 43.3 Å². The Morgan fingerprint density at radius 3 is 2.62 bits per heavy atom. The summed E-state index contributed by atoms with van der Waals surface area (Å²) in [7, 11) is 0. The summed E-state index contributed by atoms with van der Waals surface area (Å²) < 4.78 is 28.0. The molecule has 130 valence electrons. The quantitative estimate of drug-likeness (QED) is 0.751. The highest BCUT2D eigenvalue weighted by atomic mass is 19.1. The predicted octanol–water partition coefficient (Wildman–Crippen LogP) is 4.27. The maximum Gasteiger partial charge on any atom is 0.131 e. The first kappa shape index (κ1) is 16.5. The highest BCUT2D eigenvalue weighted by molar-refractivity contribution is 5.83. The average molecular weight is 349 g/mol. The molecule has 0 saturated heterocycles. The van der Waals surface area contributed by atoms with Crippen molar-refractivity contribution in [3.8, 4) is 11.3 Å². The van der Waals surface area contributed by atoms with Crippen LogP contribution >= 0.6 is 0 Å². The minimum absolute atomic E-state index is 0.276. The van der Waals surface area contributed by atoms with Crippen LogP contribution in [0.25, 0.3) is 16.8 Å². The second-order valence-electron chi connectivity index (χ2n) is 6.30. The molecule has 0 saturated carbocycles. The van der Waals surface area contributed by atoms with Gasteiger partial charge in [-0.25, -0.2) is 8.78 Å². The largest absolute Gasteiger partial charge is 0.309 e. The van der Waals surface area contributed by atoms with Gasteiger partial charge in [-0.3, -0.25) is 0 Å². The van der Waals surface area contributed by atoms with Crippen molar-refractivity contribution in [2.24, 2.45) is 0 Å². The number of aryl methyl sites for hydroxylation is 1. The zero-order valence-corrected chi connectivity index (χ0v) is 14.3. The highest BCUT2D eigenvalue weighted by Crippen LogP contribution is 2.32. The third kappa shape index (κ3) is 3.13. The second kappa shape index (κ2) is 6.77. The van der Waals surface area contributed by atoms with Crippen molar-refractivity contribution >= 4 is 5.57 Å². The van der Waals surface area contributed by atoms with Gasteiger partial charge in [0.15, 0.2) is 0 Å². The molecule has 1 aromatic heterocycles. The molecule has 0 fully saturated rings. The number of hydrogen-bond donors (Lipinski definition) is 1. The predicted molar refractivity (Wildman–Crippen MR) is 97.3 cm³/mol. The third-order valence-corrected chi connectivity index (χ3v) is 4.47. The summed E-state index contributed by atoms with van der Waals surface area (Å²) in [6, 6.07) is 13.3. The normalized spacial score (nSPS) is 13.7. The third-order valence-electron chi connectivity index (χ3n) is 4.47. The lowest BCUT2D eigenvalue weighted by Gasteiger charge is -2.13. The van der Waals surface area contributed by atoms with E-state index in [1.54, 1.807) is 0 Å². The smallest absolute Gasteiger partial charge is 0.131 e. The van der Waals surface area contributed by atoms with E-state index in [0.717, 1.165) is 34.1 Å². The molecule has 3 aromatic rings. The first-order chi connectivity index (χ1) is 12.6. The van der Waals surface area contributed by atoms with Gasteiger partial charge in [0.25, 0.3) is 0 Å². The Hall–Kier alpha value is -2.92. The lowest BCUT2D eigenvalue weighted by Crippen LogP contribution is -2.11. The standard InChI is InChI=1S/C21H17F2N3/c1-13-2-7-21(26-25-13)14-3-5-17-15(10-14)12-24-9-8-18(17)19-11-16(22)4-6-20(19)23/h2-8,10-11,24H,9,12H2,1H3. The van der Waals surface area contributed by atoms with Crippen molar-refractivity contribution in [2.45, 2.75) is 13.5 Å². The maximum absolute atomic E-state index is 14.3. The molecule has 3 nitrogen and oxygen atoms in total. The Morgan fingerprint density at radius 2 is 1.81 bits per heavy atom. The number of nitrogens with one attached hydrogen (secondary N) is 1. The zero-order valence-electron chi connectivity index (χ0n) is 14.3. The summed E-state index contributed by atoms with van der Waals surface area (Å²) in [6.07, 6.45) is 1.90. The monoisotopic (exact) mass is 349 g/mol. The summed E-state index contributed by atoms with van der Waals surface area (Å²) >= 11 is 0. The summed E-state index contributed by atoms with van der Waals surface area (Å²) in [4.78, 5) is 0. The molecule has 0 bridgehead atoms. The number of aromatic nitrogens is 2. The van der Waals surface area contributed by atoms with E-state index in [-0.39, 0.29) is 5.56 Å². The van der Waals surface area contributed by atoms with Gasteiger partial charge in [0, 0.05) is 24.2 Å². The first-order valence-corrected chi connectivity index (χ1v) is 8.42. The van der Waals surface area contributed by atoms with Crippen LogP contribution in [0.2, 0.25) is 0 Å². The molecule has 5 heteroatoms. The Kier molecular flexibility index (Phi) is 4.31. The van der Waals surface area contributed by atoms with E-state index in [0.29, 0.717) is 18.7 Å². The molecular weight excluding hydrogens is 332 g/mol. The van der Waals surface area contributed by atoms with Crippen molar-refractivity contribution in [1.29, 1.82) is 0 Å². The lowest BCUT2D eigenvalue weighted by atomic mass is 9.92. The molecule has 0 atom stereocenters. The van der Waals surface area contributed by atoms with Gasteiger partial charge in [-0.15, -0.1) is 0 Å². The molecular formula is C21H17F2N3. The molecule has 1 N–H and O–H groups in total. The van der Waals surface area contributed by atoms with Crippen LogP contribution in [0.5, 0.6) is 0 Å². The summed E-state index contributed by atoms with van der Waals surface area (Å²) in [5.74, 6) is -0.883. The van der Waals surface area contributed by atoms with Crippen molar-refractivity contribution in [3.05, 3.63) is 88.6 Å². The number of benzene rings is 2. The Bertz CT molecular complexity index is 995. The number of halogens is 2. The maximum atomic E-state index is 14.3. The molecule has 0 spiro atoms. The van der Waals surface area contributed by atoms with Crippen molar-refractivity contribution in [2.75, 3.05) is 6.54 Å². The molecule has 2 aromatic carbocycles. The van der Waals surface area contributed by atoms with Crippen LogP contribution in [0.15, 0.2) is 54.6 Å². The van der Waals surface area contributed by atoms with E-state index in [9.17, 15) is 8.78 Å².